The van der Waals surface area contributed by atoms with E-state index >= 15 is 0 Å². The highest BCUT2D eigenvalue weighted by molar-refractivity contribution is 7.91. The van der Waals surface area contributed by atoms with E-state index in [2.05, 4.69) is 9.71 Å². The van der Waals surface area contributed by atoms with E-state index in [0.717, 1.165) is 16.9 Å². The fraction of sp³-hybridized carbons (Fsp3) is 0.188. The van der Waals surface area contributed by atoms with Crippen molar-refractivity contribution >= 4 is 26.7 Å². The number of aromatic nitrogens is 2. The van der Waals surface area contributed by atoms with Crippen LogP contribution in [0.15, 0.2) is 42.5 Å². The fourth-order valence-corrected chi connectivity index (χ4v) is 3.62. The molecule has 7 heteroatoms. The summed E-state index contributed by atoms with van der Waals surface area (Å²) in [6.45, 7) is 1.88. The summed E-state index contributed by atoms with van der Waals surface area (Å²) < 4.78 is 42.1. The van der Waals surface area contributed by atoms with Gasteiger partial charge in [-0.05, 0) is 42.8 Å². The second-order valence-electron chi connectivity index (χ2n) is 5.41. The number of anilines is 1. The quantitative estimate of drug-likeness (QED) is 0.798. The van der Waals surface area contributed by atoms with Crippen LogP contribution in [0.4, 0.5) is 10.1 Å². The molecule has 0 aliphatic heterocycles. The third kappa shape index (κ3) is 3.34. The van der Waals surface area contributed by atoms with Gasteiger partial charge in [0.25, 0.3) is 0 Å². The summed E-state index contributed by atoms with van der Waals surface area (Å²) in [6.07, 6.45) is 0. The zero-order valence-corrected chi connectivity index (χ0v) is 13.6. The standard InChI is InChI=1S/C16H16FN3O2S/c1-11-18-15-9-14(6-7-16(15)20(11)2)19-23(21,22)10-12-4-3-5-13(17)8-12/h3-9,19H,10H2,1-2H3. The van der Waals surface area contributed by atoms with E-state index < -0.39 is 15.8 Å². The van der Waals surface area contributed by atoms with E-state index in [1.165, 1.54) is 18.2 Å². The Morgan fingerprint density at radius 1 is 1.22 bits per heavy atom. The lowest BCUT2D eigenvalue weighted by molar-refractivity contribution is 0.599. The number of aryl methyl sites for hydroxylation is 2. The van der Waals surface area contributed by atoms with Gasteiger partial charge in [0.2, 0.25) is 10.0 Å². The summed E-state index contributed by atoms with van der Waals surface area (Å²) in [4.78, 5) is 4.38. The lowest BCUT2D eigenvalue weighted by Crippen LogP contribution is -2.15. The van der Waals surface area contributed by atoms with Crippen LogP contribution in [0.3, 0.4) is 0 Å². The van der Waals surface area contributed by atoms with Gasteiger partial charge in [-0.3, -0.25) is 4.72 Å². The molecule has 0 bridgehead atoms. The minimum atomic E-state index is -3.63. The third-order valence-electron chi connectivity index (χ3n) is 3.62. The number of fused-ring (bicyclic) bond motifs is 1. The molecule has 0 saturated heterocycles. The van der Waals surface area contributed by atoms with E-state index in [0.29, 0.717) is 11.3 Å². The molecule has 2 aromatic carbocycles. The highest BCUT2D eigenvalue weighted by Gasteiger charge is 2.13. The Morgan fingerprint density at radius 2 is 2.00 bits per heavy atom. The Morgan fingerprint density at radius 3 is 2.74 bits per heavy atom. The van der Waals surface area contributed by atoms with Crippen LogP contribution in [-0.4, -0.2) is 18.0 Å². The van der Waals surface area contributed by atoms with Crippen molar-refractivity contribution in [3.63, 3.8) is 0 Å². The summed E-state index contributed by atoms with van der Waals surface area (Å²) in [7, 11) is -1.73. The molecule has 0 amide bonds. The van der Waals surface area contributed by atoms with Gasteiger partial charge in [0, 0.05) is 7.05 Å². The van der Waals surface area contributed by atoms with E-state index in [-0.39, 0.29) is 5.75 Å². The zero-order valence-electron chi connectivity index (χ0n) is 12.7. The number of sulfonamides is 1. The van der Waals surface area contributed by atoms with E-state index in [1.807, 2.05) is 24.6 Å². The molecule has 5 nitrogen and oxygen atoms in total. The largest absolute Gasteiger partial charge is 0.331 e. The number of rotatable bonds is 4. The Labute approximate surface area is 133 Å². The van der Waals surface area contributed by atoms with Gasteiger partial charge in [0.05, 0.1) is 22.5 Å². The van der Waals surface area contributed by atoms with Crippen LogP contribution in [0.5, 0.6) is 0 Å². The number of hydrogen-bond acceptors (Lipinski definition) is 3. The maximum atomic E-state index is 13.2. The van der Waals surface area contributed by atoms with Crippen LogP contribution in [0.1, 0.15) is 11.4 Å². The molecule has 3 rings (SSSR count). The molecule has 0 spiro atoms. The van der Waals surface area contributed by atoms with E-state index in [9.17, 15) is 12.8 Å². The molecular weight excluding hydrogens is 317 g/mol. The fourth-order valence-electron chi connectivity index (χ4n) is 2.45. The highest BCUT2D eigenvalue weighted by Crippen LogP contribution is 2.21. The van der Waals surface area contributed by atoms with E-state index in [4.69, 9.17) is 0 Å². The predicted molar refractivity (Wildman–Crippen MR) is 88.1 cm³/mol. The maximum absolute atomic E-state index is 13.2. The second kappa shape index (κ2) is 5.66. The molecule has 0 aliphatic rings. The summed E-state index contributed by atoms with van der Waals surface area (Å²) in [5, 5.41) is 0. The summed E-state index contributed by atoms with van der Waals surface area (Å²) in [6, 6.07) is 10.7. The van der Waals surface area contributed by atoms with Gasteiger partial charge in [0.1, 0.15) is 11.6 Å². The van der Waals surface area contributed by atoms with Crippen molar-refractivity contribution in [2.45, 2.75) is 12.7 Å². The topological polar surface area (TPSA) is 64.0 Å². The Kier molecular flexibility index (Phi) is 3.81. The first-order chi connectivity index (χ1) is 10.8. The lowest BCUT2D eigenvalue weighted by Gasteiger charge is -2.08. The monoisotopic (exact) mass is 333 g/mol. The zero-order chi connectivity index (χ0) is 16.6. The lowest BCUT2D eigenvalue weighted by atomic mass is 10.2. The van der Waals surface area contributed by atoms with Crippen molar-refractivity contribution in [2.24, 2.45) is 7.05 Å². The van der Waals surface area contributed by atoms with Crippen LogP contribution in [0.2, 0.25) is 0 Å². The summed E-state index contributed by atoms with van der Waals surface area (Å²) >= 11 is 0. The van der Waals surface area contributed by atoms with Crippen LogP contribution in [-0.2, 0) is 22.8 Å². The molecule has 1 aromatic heterocycles. The molecule has 0 atom stereocenters. The Balaban J connectivity index is 1.85. The third-order valence-corrected chi connectivity index (χ3v) is 4.88. The Hall–Kier alpha value is -2.41. The van der Waals surface area contributed by atoms with Gasteiger partial charge >= 0.3 is 0 Å². The van der Waals surface area contributed by atoms with Gasteiger partial charge < -0.3 is 4.57 Å². The van der Waals surface area contributed by atoms with Crippen molar-refractivity contribution in [3.8, 4) is 0 Å². The maximum Gasteiger partial charge on any atom is 0.236 e. The van der Waals surface area contributed by atoms with Crippen LogP contribution in [0, 0.1) is 12.7 Å². The molecule has 3 aromatic rings. The van der Waals surface area contributed by atoms with Crippen LogP contribution >= 0.6 is 0 Å². The smallest absolute Gasteiger partial charge is 0.236 e. The van der Waals surface area contributed by atoms with Gasteiger partial charge in [0.15, 0.2) is 0 Å². The number of nitrogens with zero attached hydrogens (tertiary/aromatic N) is 2. The number of benzene rings is 2. The van der Waals surface area contributed by atoms with Crippen LogP contribution in [0.25, 0.3) is 11.0 Å². The van der Waals surface area contributed by atoms with Crippen molar-refractivity contribution < 1.29 is 12.8 Å². The molecule has 0 radical (unpaired) electrons. The van der Waals surface area contributed by atoms with Crippen molar-refractivity contribution in [1.29, 1.82) is 0 Å². The van der Waals surface area contributed by atoms with Gasteiger partial charge in [-0.1, -0.05) is 12.1 Å². The van der Waals surface area contributed by atoms with Gasteiger partial charge in [-0.2, -0.15) is 0 Å². The van der Waals surface area contributed by atoms with Crippen molar-refractivity contribution in [1.82, 2.24) is 9.55 Å². The SMILES string of the molecule is Cc1nc2cc(NS(=O)(=O)Cc3cccc(F)c3)ccc2n1C. The van der Waals surface area contributed by atoms with Gasteiger partial charge in [-0.15, -0.1) is 0 Å². The molecule has 1 N–H and O–H groups in total. The molecule has 0 saturated carbocycles. The first kappa shape index (κ1) is 15.5. The highest BCUT2D eigenvalue weighted by atomic mass is 32.2. The number of imidazole rings is 1. The minimum Gasteiger partial charge on any atom is -0.331 e. The average molecular weight is 333 g/mol. The van der Waals surface area contributed by atoms with E-state index in [1.54, 1.807) is 18.2 Å². The Bertz CT molecular complexity index is 980. The number of halogens is 1. The molecule has 23 heavy (non-hydrogen) atoms. The molecule has 0 unspecified atom stereocenters. The predicted octanol–water partition coefficient (Wildman–Crippen LogP) is 2.96. The molecule has 0 aliphatic carbocycles. The second-order valence-corrected chi connectivity index (χ2v) is 7.13. The average Bonchev–Trinajstić information content (AvgIpc) is 2.72. The van der Waals surface area contributed by atoms with Crippen molar-refractivity contribution in [2.75, 3.05) is 4.72 Å². The van der Waals surface area contributed by atoms with Crippen LogP contribution < -0.4 is 4.72 Å². The first-order valence-electron chi connectivity index (χ1n) is 7.02. The normalized spacial score (nSPS) is 11.8. The molecule has 120 valence electrons. The number of hydrogen-bond donors (Lipinski definition) is 1. The molecule has 1 heterocycles. The summed E-state index contributed by atoms with van der Waals surface area (Å²) in [5.74, 6) is 0.104. The van der Waals surface area contributed by atoms with Gasteiger partial charge in [-0.25, -0.2) is 17.8 Å². The molecular formula is C16H16FN3O2S. The summed E-state index contributed by atoms with van der Waals surface area (Å²) in [5.41, 5.74) is 2.48. The minimum absolute atomic E-state index is 0.288. The number of nitrogens with one attached hydrogen (secondary N) is 1. The van der Waals surface area contributed by atoms with Crippen molar-refractivity contribution in [3.05, 3.63) is 59.7 Å². The molecule has 0 fully saturated rings. The first-order valence-corrected chi connectivity index (χ1v) is 8.67.